The van der Waals surface area contributed by atoms with Gasteiger partial charge < -0.3 is 15.2 Å². The number of ether oxygens (including phenoxy) is 2. The van der Waals surface area contributed by atoms with Gasteiger partial charge in [0.15, 0.2) is 0 Å². The van der Waals surface area contributed by atoms with Crippen molar-refractivity contribution in [2.75, 3.05) is 12.8 Å². The Labute approximate surface area is 120 Å². The van der Waals surface area contributed by atoms with Crippen LogP contribution in [-0.2, 0) is 12.8 Å². The van der Waals surface area contributed by atoms with Crippen LogP contribution in [0.2, 0.25) is 0 Å². The molecule has 0 bridgehead atoms. The van der Waals surface area contributed by atoms with Crippen LogP contribution < -0.4 is 15.2 Å². The molecule has 6 heteroatoms. The van der Waals surface area contributed by atoms with E-state index in [1.54, 1.807) is 31.4 Å². The van der Waals surface area contributed by atoms with Crippen molar-refractivity contribution in [1.82, 2.24) is 0 Å². The van der Waals surface area contributed by atoms with E-state index in [1.165, 1.54) is 12.1 Å². The molecular weight excluding hydrogens is 283 g/mol. The molecule has 2 rings (SSSR count). The van der Waals surface area contributed by atoms with Crippen molar-refractivity contribution in [3.05, 3.63) is 53.6 Å². The second kappa shape index (κ2) is 5.95. The van der Waals surface area contributed by atoms with Crippen LogP contribution in [0, 0.1) is 0 Å². The summed E-state index contributed by atoms with van der Waals surface area (Å²) in [6, 6.07) is 10.5. The minimum Gasteiger partial charge on any atom is -0.497 e. The van der Waals surface area contributed by atoms with Gasteiger partial charge in [-0.25, -0.2) is 0 Å². The Hall–Kier alpha value is -2.37. The third-order valence-corrected chi connectivity index (χ3v) is 2.89. The van der Waals surface area contributed by atoms with E-state index in [1.807, 2.05) is 0 Å². The van der Waals surface area contributed by atoms with Crippen LogP contribution in [0.25, 0.3) is 0 Å². The van der Waals surface area contributed by atoms with E-state index in [-0.39, 0.29) is 12.3 Å². The molecule has 0 heterocycles. The van der Waals surface area contributed by atoms with Gasteiger partial charge in [-0.3, -0.25) is 0 Å². The zero-order valence-electron chi connectivity index (χ0n) is 11.3. The first-order valence-corrected chi connectivity index (χ1v) is 6.12. The fraction of sp³-hybridized carbons (Fsp3) is 0.200. The van der Waals surface area contributed by atoms with Gasteiger partial charge in [0.25, 0.3) is 0 Å². The van der Waals surface area contributed by atoms with Crippen molar-refractivity contribution >= 4 is 5.69 Å². The Bertz CT molecular complexity index is 609. The number of alkyl halides is 3. The Kier molecular flexibility index (Phi) is 4.26. The first kappa shape index (κ1) is 15.0. The molecule has 0 aliphatic rings. The molecule has 0 spiro atoms. The van der Waals surface area contributed by atoms with E-state index >= 15 is 0 Å². The highest BCUT2D eigenvalue weighted by atomic mass is 19.4. The van der Waals surface area contributed by atoms with Crippen molar-refractivity contribution < 1.29 is 22.6 Å². The maximum atomic E-state index is 12.6. The minimum atomic E-state index is -4.44. The molecule has 0 aromatic heterocycles. The van der Waals surface area contributed by atoms with Gasteiger partial charge in [0.2, 0.25) is 0 Å². The molecule has 112 valence electrons. The Morgan fingerprint density at radius 2 is 1.62 bits per heavy atom. The Morgan fingerprint density at radius 3 is 2.14 bits per heavy atom. The average molecular weight is 297 g/mol. The number of nitrogen functional groups attached to an aromatic ring is 1. The summed E-state index contributed by atoms with van der Waals surface area (Å²) in [4.78, 5) is 0. The van der Waals surface area contributed by atoms with Crippen molar-refractivity contribution in [1.29, 1.82) is 0 Å². The van der Waals surface area contributed by atoms with Crippen LogP contribution >= 0.6 is 0 Å². The number of halogens is 3. The smallest absolute Gasteiger partial charge is 0.418 e. The Morgan fingerprint density at radius 1 is 1.00 bits per heavy atom. The largest absolute Gasteiger partial charge is 0.497 e. The van der Waals surface area contributed by atoms with Gasteiger partial charge in [-0.05, 0) is 42.0 Å². The van der Waals surface area contributed by atoms with E-state index in [2.05, 4.69) is 0 Å². The molecule has 0 fully saturated rings. The molecule has 2 N–H and O–H groups in total. The van der Waals surface area contributed by atoms with Crippen LogP contribution in [0.4, 0.5) is 18.9 Å². The lowest BCUT2D eigenvalue weighted by molar-refractivity contribution is -0.136. The first-order valence-electron chi connectivity index (χ1n) is 6.12. The van der Waals surface area contributed by atoms with E-state index in [4.69, 9.17) is 15.2 Å². The molecule has 2 aromatic rings. The number of methoxy groups -OCH3 is 1. The summed E-state index contributed by atoms with van der Waals surface area (Å²) < 4.78 is 48.2. The number of anilines is 1. The number of hydrogen-bond acceptors (Lipinski definition) is 3. The highest BCUT2D eigenvalue weighted by Gasteiger charge is 2.32. The molecule has 0 aliphatic carbocycles. The van der Waals surface area contributed by atoms with Gasteiger partial charge in [0, 0.05) is 5.69 Å². The average Bonchev–Trinajstić information content (AvgIpc) is 2.44. The molecule has 0 radical (unpaired) electrons. The molecule has 0 aliphatic heterocycles. The second-order valence-corrected chi connectivity index (χ2v) is 4.38. The fourth-order valence-electron chi connectivity index (χ4n) is 1.80. The topological polar surface area (TPSA) is 44.5 Å². The highest BCUT2D eigenvalue weighted by Crippen LogP contribution is 2.33. The van der Waals surface area contributed by atoms with Gasteiger partial charge >= 0.3 is 6.18 Å². The van der Waals surface area contributed by atoms with Gasteiger partial charge in [-0.1, -0.05) is 6.07 Å². The maximum Gasteiger partial charge on any atom is 0.418 e. The van der Waals surface area contributed by atoms with Crippen LogP contribution in [0.5, 0.6) is 11.5 Å². The van der Waals surface area contributed by atoms with Crippen molar-refractivity contribution in [3.8, 4) is 11.5 Å². The molecule has 0 saturated carbocycles. The predicted octanol–water partition coefficient (Wildman–Crippen LogP) is 3.88. The van der Waals surface area contributed by atoms with E-state index < -0.39 is 11.7 Å². The van der Waals surface area contributed by atoms with Crippen LogP contribution in [0.3, 0.4) is 0 Å². The standard InChI is InChI=1S/C15H14F3NO2/c1-20-11-3-5-12(6-4-11)21-9-10-2-7-13(14(19)8-10)15(16,17)18/h2-8H,9,19H2,1H3. The summed E-state index contributed by atoms with van der Waals surface area (Å²) in [5.41, 5.74) is 4.84. The van der Waals surface area contributed by atoms with Crippen LogP contribution in [0.15, 0.2) is 42.5 Å². The molecule has 3 nitrogen and oxygen atoms in total. The predicted molar refractivity (Wildman–Crippen MR) is 73.2 cm³/mol. The fourth-order valence-corrected chi connectivity index (χ4v) is 1.80. The molecule has 0 unspecified atom stereocenters. The van der Waals surface area contributed by atoms with Gasteiger partial charge in [0.05, 0.1) is 12.7 Å². The maximum absolute atomic E-state index is 12.6. The van der Waals surface area contributed by atoms with Crippen molar-refractivity contribution in [2.24, 2.45) is 0 Å². The molecule has 21 heavy (non-hydrogen) atoms. The molecular formula is C15H14F3NO2. The van der Waals surface area contributed by atoms with Crippen molar-refractivity contribution in [2.45, 2.75) is 12.8 Å². The molecule has 2 aromatic carbocycles. The lowest BCUT2D eigenvalue weighted by Gasteiger charge is -2.12. The molecule has 0 amide bonds. The monoisotopic (exact) mass is 297 g/mol. The third kappa shape index (κ3) is 3.81. The zero-order chi connectivity index (χ0) is 15.5. The quantitative estimate of drug-likeness (QED) is 0.871. The first-order chi connectivity index (χ1) is 9.90. The summed E-state index contributed by atoms with van der Waals surface area (Å²) >= 11 is 0. The minimum absolute atomic E-state index is 0.134. The van der Waals surface area contributed by atoms with E-state index in [9.17, 15) is 13.2 Å². The van der Waals surface area contributed by atoms with E-state index in [0.717, 1.165) is 6.07 Å². The SMILES string of the molecule is COc1ccc(OCc2ccc(C(F)(F)F)c(N)c2)cc1. The molecule has 0 atom stereocenters. The lowest BCUT2D eigenvalue weighted by atomic mass is 10.1. The van der Waals surface area contributed by atoms with Gasteiger partial charge in [-0.15, -0.1) is 0 Å². The summed E-state index contributed by atoms with van der Waals surface area (Å²) in [7, 11) is 1.56. The molecule has 0 saturated heterocycles. The highest BCUT2D eigenvalue weighted by molar-refractivity contribution is 5.50. The second-order valence-electron chi connectivity index (χ2n) is 4.38. The normalized spacial score (nSPS) is 11.2. The number of rotatable bonds is 4. The van der Waals surface area contributed by atoms with E-state index in [0.29, 0.717) is 17.1 Å². The number of benzene rings is 2. The Balaban J connectivity index is 2.05. The van der Waals surface area contributed by atoms with Crippen molar-refractivity contribution in [3.63, 3.8) is 0 Å². The summed E-state index contributed by atoms with van der Waals surface area (Å²) in [6.07, 6.45) is -4.44. The zero-order valence-corrected chi connectivity index (χ0v) is 11.3. The number of nitrogens with two attached hydrogens (primary N) is 1. The summed E-state index contributed by atoms with van der Waals surface area (Å²) in [5, 5.41) is 0. The lowest BCUT2D eigenvalue weighted by Crippen LogP contribution is -2.09. The van der Waals surface area contributed by atoms with Gasteiger partial charge in [0.1, 0.15) is 18.1 Å². The van der Waals surface area contributed by atoms with Crippen LogP contribution in [-0.4, -0.2) is 7.11 Å². The van der Waals surface area contributed by atoms with Gasteiger partial charge in [-0.2, -0.15) is 13.2 Å². The third-order valence-electron chi connectivity index (χ3n) is 2.89. The number of hydrogen-bond donors (Lipinski definition) is 1. The summed E-state index contributed by atoms with van der Waals surface area (Å²) in [5.74, 6) is 1.29. The van der Waals surface area contributed by atoms with Crippen LogP contribution in [0.1, 0.15) is 11.1 Å². The summed E-state index contributed by atoms with van der Waals surface area (Å²) in [6.45, 7) is 0.134.